The molecule has 1 aliphatic heterocycles. The predicted molar refractivity (Wildman–Crippen MR) is 139 cm³/mol. The standard InChI is InChI=1S/C28H33N5O3/c1-18(34)29-14-21-11-23(12-21)33-15-25(26-27(32-19(2)35)30-17-31-28(26)33)22-9-6-10-24(13-22)36-16-20-7-4-3-5-8-20/h3-10,13,17-18,21,23,25,29,34H,11-12,14-16H2,1-2H3,(H,30,31,32,35). The second kappa shape index (κ2) is 10.6. The minimum absolute atomic E-state index is 0.0120. The highest BCUT2D eigenvalue weighted by molar-refractivity contribution is 5.90. The number of rotatable bonds is 9. The number of nitrogens with one attached hydrogen (secondary N) is 2. The van der Waals surface area contributed by atoms with Crippen molar-refractivity contribution in [2.75, 3.05) is 23.3 Å². The first-order valence-electron chi connectivity index (χ1n) is 12.5. The molecule has 2 unspecified atom stereocenters. The molecular formula is C28H33N5O3. The summed E-state index contributed by atoms with van der Waals surface area (Å²) in [5.74, 6) is 2.66. The normalized spacial score (nSPS) is 21.4. The van der Waals surface area contributed by atoms with E-state index in [0.717, 1.165) is 54.2 Å². The predicted octanol–water partition coefficient (Wildman–Crippen LogP) is 3.67. The molecule has 5 rings (SSSR count). The highest BCUT2D eigenvalue weighted by Gasteiger charge is 2.42. The van der Waals surface area contributed by atoms with E-state index in [1.54, 1.807) is 6.92 Å². The number of fused-ring (bicyclic) bond motifs is 1. The van der Waals surface area contributed by atoms with Crippen LogP contribution < -0.4 is 20.3 Å². The number of hydrogen-bond acceptors (Lipinski definition) is 7. The van der Waals surface area contributed by atoms with Crippen LogP contribution in [0.2, 0.25) is 0 Å². The van der Waals surface area contributed by atoms with Crippen LogP contribution in [0.25, 0.3) is 0 Å². The first-order valence-corrected chi connectivity index (χ1v) is 12.5. The first-order chi connectivity index (χ1) is 17.5. The van der Waals surface area contributed by atoms with Crippen molar-refractivity contribution in [2.45, 2.75) is 51.5 Å². The van der Waals surface area contributed by atoms with Gasteiger partial charge in [0.1, 0.15) is 36.5 Å². The third-order valence-corrected chi connectivity index (χ3v) is 7.02. The van der Waals surface area contributed by atoms with Gasteiger partial charge < -0.3 is 20.1 Å². The number of anilines is 2. The quantitative estimate of drug-likeness (QED) is 0.396. The zero-order chi connectivity index (χ0) is 25.1. The number of carbonyl (C=O) groups is 1. The van der Waals surface area contributed by atoms with Gasteiger partial charge in [-0.05, 0) is 48.9 Å². The minimum Gasteiger partial charge on any atom is -0.489 e. The molecule has 1 saturated carbocycles. The average Bonchev–Trinajstić information content (AvgIpc) is 3.22. The fraction of sp³-hybridized carbons (Fsp3) is 0.393. The van der Waals surface area contributed by atoms with Crippen molar-refractivity contribution in [1.29, 1.82) is 0 Å². The molecule has 1 aromatic heterocycles. The lowest BCUT2D eigenvalue weighted by atomic mass is 9.79. The summed E-state index contributed by atoms with van der Waals surface area (Å²) in [5.41, 5.74) is 3.18. The molecule has 1 aliphatic carbocycles. The fourth-order valence-electron chi connectivity index (χ4n) is 5.19. The molecule has 2 atom stereocenters. The number of aromatic nitrogens is 2. The van der Waals surface area contributed by atoms with Crippen molar-refractivity contribution in [3.8, 4) is 5.75 Å². The molecule has 3 aromatic rings. The zero-order valence-corrected chi connectivity index (χ0v) is 20.7. The van der Waals surface area contributed by atoms with Gasteiger partial charge in [-0.25, -0.2) is 9.97 Å². The highest BCUT2D eigenvalue weighted by atomic mass is 16.5. The van der Waals surface area contributed by atoms with E-state index in [1.165, 1.54) is 13.3 Å². The lowest BCUT2D eigenvalue weighted by Gasteiger charge is -2.42. The average molecular weight is 488 g/mol. The summed E-state index contributed by atoms with van der Waals surface area (Å²) in [6.45, 7) is 5.32. The van der Waals surface area contributed by atoms with Crippen LogP contribution in [-0.2, 0) is 11.4 Å². The lowest BCUT2D eigenvalue weighted by molar-refractivity contribution is -0.114. The van der Waals surface area contributed by atoms with E-state index >= 15 is 0 Å². The molecule has 1 fully saturated rings. The van der Waals surface area contributed by atoms with Crippen molar-refractivity contribution in [3.63, 3.8) is 0 Å². The highest BCUT2D eigenvalue weighted by Crippen LogP contribution is 2.47. The van der Waals surface area contributed by atoms with E-state index in [1.807, 2.05) is 30.3 Å². The monoisotopic (exact) mass is 487 g/mol. The van der Waals surface area contributed by atoms with Gasteiger partial charge in [-0.15, -0.1) is 0 Å². The SMILES string of the molecule is CC(=O)Nc1ncnc2c1C(c1cccc(OCc3ccccc3)c1)CN2C1CC(CNC(C)O)C1. The van der Waals surface area contributed by atoms with Crippen molar-refractivity contribution in [2.24, 2.45) is 5.92 Å². The van der Waals surface area contributed by atoms with E-state index < -0.39 is 6.23 Å². The topological polar surface area (TPSA) is 99.6 Å². The van der Waals surface area contributed by atoms with E-state index in [9.17, 15) is 9.90 Å². The molecule has 3 N–H and O–H groups in total. The molecule has 36 heavy (non-hydrogen) atoms. The van der Waals surface area contributed by atoms with Gasteiger partial charge in [-0.3, -0.25) is 10.1 Å². The van der Waals surface area contributed by atoms with Gasteiger partial charge in [0, 0.05) is 37.5 Å². The van der Waals surface area contributed by atoms with Crippen LogP contribution in [0.1, 0.15) is 49.3 Å². The van der Waals surface area contributed by atoms with Gasteiger partial charge in [0.15, 0.2) is 0 Å². The Morgan fingerprint density at radius 3 is 2.72 bits per heavy atom. The summed E-state index contributed by atoms with van der Waals surface area (Å²) in [7, 11) is 0. The molecule has 188 valence electrons. The van der Waals surface area contributed by atoms with Crippen molar-refractivity contribution in [1.82, 2.24) is 15.3 Å². The summed E-state index contributed by atoms with van der Waals surface area (Å²) in [4.78, 5) is 23.4. The summed E-state index contributed by atoms with van der Waals surface area (Å²) in [5, 5.41) is 15.6. The van der Waals surface area contributed by atoms with Gasteiger partial charge in [0.25, 0.3) is 0 Å². The first kappa shape index (κ1) is 24.2. The Hall–Kier alpha value is -3.49. The number of nitrogens with zero attached hydrogens (tertiary/aromatic N) is 3. The number of hydrogen-bond donors (Lipinski definition) is 3. The summed E-state index contributed by atoms with van der Waals surface area (Å²) < 4.78 is 6.10. The molecule has 0 spiro atoms. The number of aliphatic hydroxyl groups is 1. The molecule has 2 heterocycles. The Morgan fingerprint density at radius 2 is 1.97 bits per heavy atom. The Morgan fingerprint density at radius 1 is 1.17 bits per heavy atom. The van der Waals surface area contributed by atoms with Gasteiger partial charge in [0.05, 0.1) is 0 Å². The Bertz CT molecular complexity index is 1200. The van der Waals surface area contributed by atoms with Crippen LogP contribution >= 0.6 is 0 Å². The van der Waals surface area contributed by atoms with Gasteiger partial charge in [0.2, 0.25) is 5.91 Å². The van der Waals surface area contributed by atoms with Gasteiger partial charge in [-0.2, -0.15) is 0 Å². The lowest BCUT2D eigenvalue weighted by Crippen LogP contribution is -2.48. The Kier molecular flexibility index (Phi) is 7.16. The maximum absolute atomic E-state index is 12.0. The Balaban J connectivity index is 1.38. The number of ether oxygens (including phenoxy) is 1. The maximum atomic E-state index is 12.0. The molecule has 0 radical (unpaired) electrons. The molecule has 1 amide bonds. The maximum Gasteiger partial charge on any atom is 0.222 e. The van der Waals surface area contributed by atoms with Crippen LogP contribution in [0.3, 0.4) is 0 Å². The van der Waals surface area contributed by atoms with Crippen LogP contribution in [-0.4, -0.2) is 46.3 Å². The summed E-state index contributed by atoms with van der Waals surface area (Å²) in [6.07, 6.45) is 3.10. The van der Waals surface area contributed by atoms with E-state index in [2.05, 4.69) is 49.8 Å². The second-order valence-electron chi connectivity index (χ2n) is 9.77. The number of benzene rings is 2. The van der Waals surface area contributed by atoms with Crippen LogP contribution in [0.5, 0.6) is 5.75 Å². The molecule has 2 aliphatic rings. The molecular weight excluding hydrogens is 454 g/mol. The largest absolute Gasteiger partial charge is 0.489 e. The number of aliphatic hydroxyl groups excluding tert-OH is 1. The molecule has 8 heteroatoms. The molecule has 8 nitrogen and oxygen atoms in total. The molecule has 0 bridgehead atoms. The van der Waals surface area contributed by atoms with Gasteiger partial charge >= 0.3 is 0 Å². The summed E-state index contributed by atoms with van der Waals surface area (Å²) >= 11 is 0. The Labute approximate surface area is 211 Å². The van der Waals surface area contributed by atoms with Crippen molar-refractivity contribution >= 4 is 17.5 Å². The van der Waals surface area contributed by atoms with Crippen LogP contribution in [0.15, 0.2) is 60.9 Å². The van der Waals surface area contributed by atoms with Crippen LogP contribution in [0, 0.1) is 5.92 Å². The smallest absolute Gasteiger partial charge is 0.222 e. The fourth-order valence-corrected chi connectivity index (χ4v) is 5.19. The van der Waals surface area contributed by atoms with Gasteiger partial charge in [-0.1, -0.05) is 42.5 Å². The molecule has 2 aromatic carbocycles. The second-order valence-corrected chi connectivity index (χ2v) is 9.77. The van der Waals surface area contributed by atoms with E-state index in [4.69, 9.17) is 4.74 Å². The van der Waals surface area contributed by atoms with E-state index in [-0.39, 0.29) is 11.8 Å². The zero-order valence-electron chi connectivity index (χ0n) is 20.7. The number of carbonyl (C=O) groups excluding carboxylic acids is 1. The van der Waals surface area contributed by atoms with Crippen molar-refractivity contribution < 1.29 is 14.6 Å². The van der Waals surface area contributed by atoms with E-state index in [0.29, 0.717) is 24.4 Å². The van der Waals surface area contributed by atoms with Crippen molar-refractivity contribution in [3.05, 3.63) is 77.6 Å². The third-order valence-electron chi connectivity index (χ3n) is 7.02. The summed E-state index contributed by atoms with van der Waals surface area (Å²) in [6, 6.07) is 18.7. The minimum atomic E-state index is -0.495. The van der Waals surface area contributed by atoms with Crippen LogP contribution in [0.4, 0.5) is 11.6 Å². The third kappa shape index (κ3) is 5.34. The number of amides is 1. The molecule has 0 saturated heterocycles.